The lowest BCUT2D eigenvalue weighted by Gasteiger charge is -2.02. The predicted molar refractivity (Wildman–Crippen MR) is 82.0 cm³/mol. The first-order valence-electron chi connectivity index (χ1n) is 6.68. The molecule has 23 heavy (non-hydrogen) atoms. The van der Waals surface area contributed by atoms with E-state index in [0.29, 0.717) is 16.0 Å². The molecule has 3 aromatic rings. The number of benzene rings is 1. The Bertz CT molecular complexity index is 816. The van der Waals surface area contributed by atoms with Gasteiger partial charge in [-0.05, 0) is 24.3 Å². The van der Waals surface area contributed by atoms with Crippen molar-refractivity contribution < 1.29 is 18.7 Å². The van der Waals surface area contributed by atoms with Crippen LogP contribution in [-0.2, 0) is 11.3 Å². The molecule has 0 aliphatic heterocycles. The molecule has 0 spiro atoms. The molecule has 0 radical (unpaired) electrons. The molecule has 0 aliphatic rings. The Labute approximate surface area is 135 Å². The molecule has 0 saturated heterocycles. The van der Waals surface area contributed by atoms with Crippen LogP contribution in [0.5, 0.6) is 0 Å². The van der Waals surface area contributed by atoms with Crippen LogP contribution in [-0.4, -0.2) is 11.0 Å². The fraction of sp³-hybridized carbons (Fsp3) is 0.0625. The molecule has 3 rings (SSSR count). The Morgan fingerprint density at radius 3 is 2.61 bits per heavy atom. The normalized spacial score (nSPS) is 10.5. The number of aromatic nitrogens is 2. The zero-order chi connectivity index (χ0) is 16.2. The van der Waals surface area contributed by atoms with Crippen molar-refractivity contribution in [2.24, 2.45) is 0 Å². The van der Waals surface area contributed by atoms with Gasteiger partial charge in [0.05, 0.1) is 11.3 Å². The van der Waals surface area contributed by atoms with Gasteiger partial charge in [0.2, 0.25) is 0 Å². The summed E-state index contributed by atoms with van der Waals surface area (Å²) in [7, 11) is 0. The SMILES string of the molecule is O=C(OCc1csc(-c2ccc(F)cc2)n1)c1cc[n+]([O-])cc1. The lowest BCUT2D eigenvalue weighted by Crippen LogP contribution is -2.24. The van der Waals surface area contributed by atoms with Gasteiger partial charge in [-0.1, -0.05) is 0 Å². The average Bonchev–Trinajstić information content (AvgIpc) is 3.03. The van der Waals surface area contributed by atoms with Crippen molar-refractivity contribution in [2.75, 3.05) is 0 Å². The van der Waals surface area contributed by atoms with Gasteiger partial charge < -0.3 is 9.94 Å². The Hall–Kier alpha value is -2.80. The highest BCUT2D eigenvalue weighted by molar-refractivity contribution is 7.13. The number of rotatable bonds is 4. The number of hydrogen-bond acceptors (Lipinski definition) is 5. The van der Waals surface area contributed by atoms with Crippen LogP contribution in [0.3, 0.4) is 0 Å². The van der Waals surface area contributed by atoms with Gasteiger partial charge in [0.15, 0.2) is 12.4 Å². The van der Waals surface area contributed by atoms with Crippen molar-refractivity contribution in [3.8, 4) is 10.6 Å². The summed E-state index contributed by atoms with van der Waals surface area (Å²) in [5, 5.41) is 13.4. The molecular formula is C16H11FN2O3S. The quantitative estimate of drug-likeness (QED) is 0.419. The summed E-state index contributed by atoms with van der Waals surface area (Å²) in [6, 6.07) is 8.81. The zero-order valence-electron chi connectivity index (χ0n) is 11.8. The fourth-order valence-electron chi connectivity index (χ4n) is 1.87. The highest BCUT2D eigenvalue weighted by Gasteiger charge is 2.11. The van der Waals surface area contributed by atoms with E-state index in [9.17, 15) is 14.4 Å². The molecule has 1 aromatic carbocycles. The molecule has 0 unspecified atom stereocenters. The van der Waals surface area contributed by atoms with Crippen molar-refractivity contribution in [3.05, 3.63) is 76.5 Å². The first-order chi connectivity index (χ1) is 11.1. The number of nitrogens with zero attached hydrogens (tertiary/aromatic N) is 2. The minimum Gasteiger partial charge on any atom is -0.619 e. The minimum absolute atomic E-state index is 0.0306. The second-order valence-electron chi connectivity index (χ2n) is 4.67. The van der Waals surface area contributed by atoms with Crippen LogP contribution in [0.4, 0.5) is 4.39 Å². The van der Waals surface area contributed by atoms with Crippen molar-refractivity contribution in [1.82, 2.24) is 4.98 Å². The number of carbonyl (C=O) groups is 1. The van der Waals surface area contributed by atoms with Crippen molar-refractivity contribution in [3.63, 3.8) is 0 Å². The first kappa shape index (κ1) is 15.1. The Morgan fingerprint density at radius 2 is 1.91 bits per heavy atom. The largest absolute Gasteiger partial charge is 0.619 e. The molecule has 7 heteroatoms. The van der Waals surface area contributed by atoms with Crippen LogP contribution in [0.15, 0.2) is 54.2 Å². The molecule has 0 fully saturated rings. The molecule has 5 nitrogen and oxygen atoms in total. The van der Waals surface area contributed by atoms with Gasteiger partial charge in [-0.3, -0.25) is 0 Å². The third-order valence-corrected chi connectivity index (χ3v) is 3.97. The molecule has 0 bridgehead atoms. The van der Waals surface area contributed by atoms with E-state index < -0.39 is 5.97 Å². The van der Waals surface area contributed by atoms with E-state index in [-0.39, 0.29) is 12.4 Å². The van der Waals surface area contributed by atoms with Crippen LogP contribution in [0, 0.1) is 11.0 Å². The van der Waals surface area contributed by atoms with E-state index in [2.05, 4.69) is 4.98 Å². The molecule has 0 saturated carbocycles. The molecule has 0 atom stereocenters. The number of halogens is 1. The van der Waals surface area contributed by atoms with E-state index in [1.165, 1.54) is 48.0 Å². The predicted octanol–water partition coefficient (Wildman–Crippen LogP) is 2.94. The summed E-state index contributed by atoms with van der Waals surface area (Å²) < 4.78 is 18.7. The molecule has 2 aromatic heterocycles. The maximum absolute atomic E-state index is 12.9. The Morgan fingerprint density at radius 1 is 1.22 bits per heavy atom. The van der Waals surface area contributed by atoms with Crippen LogP contribution in [0.25, 0.3) is 10.6 Å². The average molecular weight is 330 g/mol. The lowest BCUT2D eigenvalue weighted by molar-refractivity contribution is -0.605. The van der Waals surface area contributed by atoms with E-state index in [0.717, 1.165) is 10.6 Å². The highest BCUT2D eigenvalue weighted by atomic mass is 32.1. The van der Waals surface area contributed by atoms with E-state index in [1.807, 2.05) is 0 Å². The number of carbonyl (C=O) groups excluding carboxylic acids is 1. The third kappa shape index (κ3) is 3.70. The van der Waals surface area contributed by atoms with Gasteiger partial charge >= 0.3 is 5.97 Å². The summed E-state index contributed by atoms with van der Waals surface area (Å²) in [4.78, 5) is 16.2. The topological polar surface area (TPSA) is 66.1 Å². The maximum Gasteiger partial charge on any atom is 0.338 e. The molecule has 116 valence electrons. The Kier molecular flexibility index (Phi) is 4.29. The standard InChI is InChI=1S/C16H11FN2O3S/c17-13-3-1-11(2-4-13)15-18-14(10-23-15)9-22-16(20)12-5-7-19(21)8-6-12/h1-8,10H,9H2. The maximum atomic E-state index is 12.9. The van der Waals surface area contributed by atoms with E-state index in [4.69, 9.17) is 4.74 Å². The summed E-state index contributed by atoms with van der Waals surface area (Å²) in [6.45, 7) is 0.0306. The number of ether oxygens (including phenoxy) is 1. The lowest BCUT2D eigenvalue weighted by atomic mass is 10.2. The van der Waals surface area contributed by atoms with Gasteiger partial charge in [-0.15, -0.1) is 11.3 Å². The minimum atomic E-state index is -0.526. The highest BCUT2D eigenvalue weighted by Crippen LogP contribution is 2.24. The van der Waals surface area contributed by atoms with E-state index >= 15 is 0 Å². The van der Waals surface area contributed by atoms with Gasteiger partial charge in [0.25, 0.3) is 0 Å². The zero-order valence-corrected chi connectivity index (χ0v) is 12.6. The van der Waals surface area contributed by atoms with Gasteiger partial charge in [-0.2, -0.15) is 4.73 Å². The van der Waals surface area contributed by atoms with Gasteiger partial charge in [-0.25, -0.2) is 14.2 Å². The van der Waals surface area contributed by atoms with Crippen LogP contribution in [0.1, 0.15) is 16.1 Å². The van der Waals surface area contributed by atoms with Crippen LogP contribution in [0.2, 0.25) is 0 Å². The van der Waals surface area contributed by atoms with Crippen LogP contribution < -0.4 is 4.73 Å². The van der Waals surface area contributed by atoms with Gasteiger partial charge in [0, 0.05) is 23.1 Å². The number of hydrogen-bond donors (Lipinski definition) is 0. The number of pyridine rings is 1. The first-order valence-corrected chi connectivity index (χ1v) is 7.56. The number of esters is 1. The summed E-state index contributed by atoms with van der Waals surface area (Å²) in [5.74, 6) is -0.830. The molecule has 2 heterocycles. The molecule has 0 amide bonds. The second kappa shape index (κ2) is 6.53. The smallest absolute Gasteiger partial charge is 0.338 e. The van der Waals surface area contributed by atoms with Crippen molar-refractivity contribution in [1.29, 1.82) is 0 Å². The number of thiazole rings is 1. The van der Waals surface area contributed by atoms with Crippen molar-refractivity contribution in [2.45, 2.75) is 6.61 Å². The summed E-state index contributed by atoms with van der Waals surface area (Å²) in [5.41, 5.74) is 1.71. The van der Waals surface area contributed by atoms with Gasteiger partial charge in [0.1, 0.15) is 17.4 Å². The monoisotopic (exact) mass is 330 g/mol. The summed E-state index contributed by atoms with van der Waals surface area (Å²) in [6.07, 6.45) is 2.46. The molecule has 0 aliphatic carbocycles. The van der Waals surface area contributed by atoms with E-state index in [1.54, 1.807) is 17.5 Å². The third-order valence-electron chi connectivity index (χ3n) is 3.03. The molecule has 0 N–H and O–H groups in total. The molecular weight excluding hydrogens is 319 g/mol. The van der Waals surface area contributed by atoms with Crippen LogP contribution >= 0.6 is 11.3 Å². The second-order valence-corrected chi connectivity index (χ2v) is 5.53. The van der Waals surface area contributed by atoms with Crippen molar-refractivity contribution >= 4 is 17.3 Å². The summed E-state index contributed by atoms with van der Waals surface area (Å²) >= 11 is 1.39. The fourth-order valence-corrected chi connectivity index (χ4v) is 2.68. The Balaban J connectivity index is 1.64.